The summed E-state index contributed by atoms with van der Waals surface area (Å²) in [5, 5.41) is 1.04. The lowest BCUT2D eigenvalue weighted by molar-refractivity contribution is -0.274. The van der Waals surface area contributed by atoms with E-state index in [0.717, 1.165) is 5.56 Å². The van der Waals surface area contributed by atoms with Crippen LogP contribution in [0.25, 0.3) is 21.9 Å². The van der Waals surface area contributed by atoms with Crippen molar-refractivity contribution in [3.05, 3.63) is 108 Å². The van der Waals surface area contributed by atoms with Gasteiger partial charge in [-0.2, -0.15) is 0 Å². The minimum absolute atomic E-state index is 0.272. The average molecular weight is 484 g/mol. The highest BCUT2D eigenvalue weighted by Crippen LogP contribution is 2.31. The zero-order valence-corrected chi connectivity index (χ0v) is 18.5. The standard InChI is InChI=1S/C28H21F5O2/c1-2-15-34-23-12-14-24(26(29)17-23)20-9-13-25-21(16-20)8-7-19(27(25)30)6-3-18-4-10-22(11-5-18)35-28(31,32)33/h2,4-5,7-14,16-17H,1,3,6,15H2. The zero-order chi connectivity index (χ0) is 25.0. The SMILES string of the molecule is C=CCOc1ccc(-c2ccc3c(F)c(CCc4ccc(OC(F)(F)F)cc4)ccc3c2)c(F)c1. The van der Waals surface area contributed by atoms with Gasteiger partial charge in [0, 0.05) is 17.0 Å². The summed E-state index contributed by atoms with van der Waals surface area (Å²) in [6.45, 7) is 3.83. The molecule has 0 unspecified atom stereocenters. The second kappa shape index (κ2) is 10.2. The van der Waals surface area contributed by atoms with E-state index in [1.54, 1.807) is 48.5 Å². The molecule has 7 heteroatoms. The van der Waals surface area contributed by atoms with Gasteiger partial charge < -0.3 is 9.47 Å². The fourth-order valence-electron chi connectivity index (χ4n) is 3.81. The Hall–Kier alpha value is -3.87. The van der Waals surface area contributed by atoms with Gasteiger partial charge >= 0.3 is 6.36 Å². The molecular weight excluding hydrogens is 463 g/mol. The Morgan fingerprint density at radius 2 is 1.54 bits per heavy atom. The molecule has 0 N–H and O–H groups in total. The minimum atomic E-state index is -4.75. The van der Waals surface area contributed by atoms with E-state index in [1.807, 2.05) is 0 Å². The summed E-state index contributed by atoms with van der Waals surface area (Å²) in [6, 6.07) is 18.6. The molecule has 35 heavy (non-hydrogen) atoms. The first kappa shape index (κ1) is 24.3. The Labute approximate surface area is 199 Å². The Bertz CT molecular complexity index is 1340. The Morgan fingerprint density at radius 1 is 0.800 bits per heavy atom. The lowest BCUT2D eigenvalue weighted by Gasteiger charge is -2.11. The second-order valence-corrected chi connectivity index (χ2v) is 7.91. The van der Waals surface area contributed by atoms with Crippen molar-refractivity contribution in [1.29, 1.82) is 0 Å². The van der Waals surface area contributed by atoms with Crippen molar-refractivity contribution in [2.75, 3.05) is 6.61 Å². The highest BCUT2D eigenvalue weighted by molar-refractivity contribution is 5.88. The number of hydrogen-bond donors (Lipinski definition) is 0. The molecule has 0 aromatic heterocycles. The van der Waals surface area contributed by atoms with Crippen LogP contribution in [0.5, 0.6) is 11.5 Å². The zero-order valence-electron chi connectivity index (χ0n) is 18.5. The number of rotatable bonds is 8. The van der Waals surface area contributed by atoms with Gasteiger partial charge in [0.2, 0.25) is 0 Å². The molecule has 0 atom stereocenters. The molecule has 0 saturated heterocycles. The Kier molecular flexibility index (Phi) is 7.05. The van der Waals surface area contributed by atoms with E-state index in [0.29, 0.717) is 46.1 Å². The summed E-state index contributed by atoms with van der Waals surface area (Å²) >= 11 is 0. The molecule has 4 aromatic rings. The molecule has 0 saturated carbocycles. The third-order valence-electron chi connectivity index (χ3n) is 5.49. The minimum Gasteiger partial charge on any atom is -0.489 e. The molecule has 4 rings (SSSR count). The number of ether oxygens (including phenoxy) is 2. The predicted octanol–water partition coefficient (Wildman–Crippen LogP) is 8.03. The lowest BCUT2D eigenvalue weighted by atomic mass is 9.97. The average Bonchev–Trinajstić information content (AvgIpc) is 2.82. The fourth-order valence-corrected chi connectivity index (χ4v) is 3.81. The number of hydrogen-bond acceptors (Lipinski definition) is 2. The molecule has 0 radical (unpaired) electrons. The van der Waals surface area contributed by atoms with Gasteiger partial charge in [0.25, 0.3) is 0 Å². The fraction of sp³-hybridized carbons (Fsp3) is 0.143. The molecule has 0 aliphatic rings. The van der Waals surface area contributed by atoms with Gasteiger partial charge in [-0.25, -0.2) is 8.78 Å². The van der Waals surface area contributed by atoms with E-state index < -0.39 is 12.2 Å². The first-order valence-corrected chi connectivity index (χ1v) is 10.8. The number of fused-ring (bicyclic) bond motifs is 1. The van der Waals surface area contributed by atoms with Crippen LogP contribution in [0.1, 0.15) is 11.1 Å². The topological polar surface area (TPSA) is 18.5 Å². The molecule has 0 heterocycles. The summed E-state index contributed by atoms with van der Waals surface area (Å²) in [7, 11) is 0. The van der Waals surface area contributed by atoms with Crippen molar-refractivity contribution < 1.29 is 31.4 Å². The van der Waals surface area contributed by atoms with E-state index >= 15 is 4.39 Å². The molecule has 0 aliphatic heterocycles. The molecule has 0 spiro atoms. The van der Waals surface area contributed by atoms with Gasteiger partial charge in [0.15, 0.2) is 0 Å². The third kappa shape index (κ3) is 5.98. The van der Waals surface area contributed by atoms with Crippen LogP contribution in [0.2, 0.25) is 0 Å². The van der Waals surface area contributed by atoms with Crippen LogP contribution in [0.15, 0.2) is 85.5 Å². The third-order valence-corrected chi connectivity index (χ3v) is 5.49. The van der Waals surface area contributed by atoms with E-state index in [4.69, 9.17) is 4.74 Å². The lowest BCUT2D eigenvalue weighted by Crippen LogP contribution is -2.17. The van der Waals surface area contributed by atoms with Crippen molar-refractivity contribution >= 4 is 10.8 Å². The number of alkyl halides is 3. The number of aryl methyl sites for hydroxylation is 2. The number of benzene rings is 4. The quantitative estimate of drug-likeness (QED) is 0.186. The number of halogens is 5. The van der Waals surface area contributed by atoms with E-state index in [9.17, 15) is 17.6 Å². The van der Waals surface area contributed by atoms with Crippen LogP contribution in [0.4, 0.5) is 22.0 Å². The summed E-state index contributed by atoms with van der Waals surface area (Å²) in [5.74, 6) is -0.733. The molecular formula is C28H21F5O2. The van der Waals surface area contributed by atoms with Gasteiger partial charge in [0.05, 0.1) is 0 Å². The van der Waals surface area contributed by atoms with Crippen molar-refractivity contribution in [1.82, 2.24) is 0 Å². The van der Waals surface area contributed by atoms with E-state index in [2.05, 4.69) is 11.3 Å². The van der Waals surface area contributed by atoms with Crippen LogP contribution >= 0.6 is 0 Å². The monoisotopic (exact) mass is 484 g/mol. The van der Waals surface area contributed by atoms with Gasteiger partial charge in [-0.15, -0.1) is 13.2 Å². The first-order chi connectivity index (χ1) is 16.7. The molecule has 0 aliphatic carbocycles. The Balaban J connectivity index is 1.50. The maximum absolute atomic E-state index is 15.2. The van der Waals surface area contributed by atoms with Crippen molar-refractivity contribution in [3.8, 4) is 22.6 Å². The van der Waals surface area contributed by atoms with Crippen LogP contribution < -0.4 is 9.47 Å². The molecule has 180 valence electrons. The molecule has 2 nitrogen and oxygen atoms in total. The highest BCUT2D eigenvalue weighted by Gasteiger charge is 2.30. The van der Waals surface area contributed by atoms with Crippen molar-refractivity contribution in [2.45, 2.75) is 19.2 Å². The van der Waals surface area contributed by atoms with Crippen LogP contribution in [-0.4, -0.2) is 13.0 Å². The van der Waals surface area contributed by atoms with Gasteiger partial charge in [0.1, 0.15) is 29.7 Å². The van der Waals surface area contributed by atoms with E-state index in [1.165, 1.54) is 30.3 Å². The van der Waals surface area contributed by atoms with Gasteiger partial charge in [-0.3, -0.25) is 0 Å². The molecule has 4 aromatic carbocycles. The maximum Gasteiger partial charge on any atom is 0.573 e. The molecule has 0 amide bonds. The summed E-state index contributed by atoms with van der Waals surface area (Å²) in [5.41, 5.74) is 2.22. The second-order valence-electron chi connectivity index (χ2n) is 7.91. The summed E-state index contributed by atoms with van der Waals surface area (Å²) < 4.78 is 75.9. The van der Waals surface area contributed by atoms with Crippen LogP contribution in [-0.2, 0) is 12.8 Å². The van der Waals surface area contributed by atoms with Gasteiger partial charge in [-0.1, -0.05) is 49.1 Å². The molecule has 0 bridgehead atoms. The first-order valence-electron chi connectivity index (χ1n) is 10.8. The van der Waals surface area contributed by atoms with E-state index in [-0.39, 0.29) is 18.2 Å². The summed E-state index contributed by atoms with van der Waals surface area (Å²) in [6.07, 6.45) is -2.37. The summed E-state index contributed by atoms with van der Waals surface area (Å²) in [4.78, 5) is 0. The largest absolute Gasteiger partial charge is 0.573 e. The van der Waals surface area contributed by atoms with Crippen molar-refractivity contribution in [3.63, 3.8) is 0 Å². The normalized spacial score (nSPS) is 11.5. The van der Waals surface area contributed by atoms with Crippen molar-refractivity contribution in [2.24, 2.45) is 0 Å². The molecule has 0 fully saturated rings. The Morgan fingerprint density at radius 3 is 2.23 bits per heavy atom. The maximum atomic E-state index is 15.2. The van der Waals surface area contributed by atoms with Gasteiger partial charge in [-0.05, 0) is 65.3 Å². The van der Waals surface area contributed by atoms with Crippen LogP contribution in [0, 0.1) is 11.6 Å². The van der Waals surface area contributed by atoms with Crippen LogP contribution in [0.3, 0.4) is 0 Å². The predicted molar refractivity (Wildman–Crippen MR) is 126 cm³/mol. The highest BCUT2D eigenvalue weighted by atomic mass is 19.4. The smallest absolute Gasteiger partial charge is 0.489 e.